The third-order valence-electron chi connectivity index (χ3n) is 3.73. The van der Waals surface area contributed by atoms with Gasteiger partial charge < -0.3 is 14.7 Å². The minimum absolute atomic E-state index is 0.453. The molecule has 0 bridgehead atoms. The molecule has 4 heteroatoms. The summed E-state index contributed by atoms with van der Waals surface area (Å²) in [7, 11) is 2.08. The van der Waals surface area contributed by atoms with Crippen LogP contribution in [0.3, 0.4) is 0 Å². The maximum absolute atomic E-state index is 9.73. The van der Waals surface area contributed by atoms with Gasteiger partial charge in [0.05, 0.1) is 30.3 Å². The molecule has 0 amide bonds. The Morgan fingerprint density at radius 2 is 2.37 bits per heavy atom. The van der Waals surface area contributed by atoms with Gasteiger partial charge in [0.1, 0.15) is 0 Å². The van der Waals surface area contributed by atoms with Gasteiger partial charge in [0, 0.05) is 20.2 Å². The van der Waals surface area contributed by atoms with Crippen molar-refractivity contribution in [3.05, 3.63) is 24.0 Å². The van der Waals surface area contributed by atoms with E-state index in [1.54, 1.807) is 0 Å². The highest BCUT2D eigenvalue weighted by Gasteiger charge is 2.16. The SMILES string of the molecule is CC[C@H](O)c1ccc(N(C)CC2CCCOC2)cn1. The van der Waals surface area contributed by atoms with Crippen molar-refractivity contribution in [2.24, 2.45) is 5.92 Å². The number of nitrogens with zero attached hydrogens (tertiary/aromatic N) is 2. The molecule has 2 heterocycles. The quantitative estimate of drug-likeness (QED) is 0.887. The summed E-state index contributed by atoms with van der Waals surface area (Å²) < 4.78 is 5.51. The highest BCUT2D eigenvalue weighted by molar-refractivity contribution is 5.43. The number of aliphatic hydroxyl groups is 1. The number of rotatable bonds is 5. The minimum atomic E-state index is -0.453. The van der Waals surface area contributed by atoms with E-state index in [9.17, 15) is 5.11 Å². The molecule has 0 aromatic carbocycles. The molecule has 19 heavy (non-hydrogen) atoms. The molecule has 0 radical (unpaired) electrons. The van der Waals surface area contributed by atoms with Gasteiger partial charge in [-0.15, -0.1) is 0 Å². The molecule has 1 N–H and O–H groups in total. The van der Waals surface area contributed by atoms with Crippen molar-refractivity contribution < 1.29 is 9.84 Å². The molecule has 0 saturated carbocycles. The standard InChI is InChI=1S/C15H24N2O2/c1-3-15(18)14-7-6-13(9-16-14)17(2)10-12-5-4-8-19-11-12/h6-7,9,12,15,18H,3-5,8,10-11H2,1-2H3/t12?,15-/m0/s1. The van der Waals surface area contributed by atoms with Crippen molar-refractivity contribution in [1.82, 2.24) is 4.98 Å². The van der Waals surface area contributed by atoms with Gasteiger partial charge in [-0.2, -0.15) is 0 Å². The second-order valence-corrected chi connectivity index (χ2v) is 5.33. The summed E-state index contributed by atoms with van der Waals surface area (Å²) in [5, 5.41) is 9.73. The van der Waals surface area contributed by atoms with Gasteiger partial charge in [0.25, 0.3) is 0 Å². The van der Waals surface area contributed by atoms with Gasteiger partial charge in [-0.05, 0) is 37.3 Å². The van der Waals surface area contributed by atoms with Crippen molar-refractivity contribution in [3.8, 4) is 0 Å². The number of aliphatic hydroxyl groups excluding tert-OH is 1. The Morgan fingerprint density at radius 3 is 2.95 bits per heavy atom. The Kier molecular flexibility index (Phi) is 5.16. The second kappa shape index (κ2) is 6.87. The summed E-state index contributed by atoms with van der Waals surface area (Å²) in [6.07, 6.45) is 4.49. The lowest BCUT2D eigenvalue weighted by molar-refractivity contribution is 0.0576. The first-order valence-electron chi connectivity index (χ1n) is 7.13. The first-order valence-corrected chi connectivity index (χ1v) is 7.13. The summed E-state index contributed by atoms with van der Waals surface area (Å²) in [5.41, 5.74) is 1.85. The lowest BCUT2D eigenvalue weighted by Gasteiger charge is -2.28. The Hall–Kier alpha value is -1.13. The summed E-state index contributed by atoms with van der Waals surface area (Å²) in [6.45, 7) is 4.72. The summed E-state index contributed by atoms with van der Waals surface area (Å²) >= 11 is 0. The van der Waals surface area contributed by atoms with Crippen LogP contribution in [0.15, 0.2) is 18.3 Å². The molecule has 2 atom stereocenters. The number of pyridine rings is 1. The fourth-order valence-corrected chi connectivity index (χ4v) is 2.47. The number of ether oxygens (including phenoxy) is 1. The van der Waals surface area contributed by atoms with Gasteiger partial charge in [0.2, 0.25) is 0 Å². The van der Waals surface area contributed by atoms with E-state index in [1.807, 2.05) is 25.3 Å². The van der Waals surface area contributed by atoms with E-state index in [0.717, 1.165) is 31.1 Å². The van der Waals surface area contributed by atoms with E-state index < -0.39 is 6.10 Å². The highest BCUT2D eigenvalue weighted by atomic mass is 16.5. The van der Waals surface area contributed by atoms with E-state index >= 15 is 0 Å². The molecule has 2 rings (SSSR count). The number of hydrogen-bond donors (Lipinski definition) is 1. The predicted molar refractivity (Wildman–Crippen MR) is 76.3 cm³/mol. The van der Waals surface area contributed by atoms with Crippen molar-refractivity contribution in [2.75, 3.05) is 31.7 Å². The normalized spacial score (nSPS) is 21.1. The maximum atomic E-state index is 9.73. The molecule has 1 aliphatic heterocycles. The second-order valence-electron chi connectivity index (χ2n) is 5.33. The van der Waals surface area contributed by atoms with Crippen LogP contribution in [0.4, 0.5) is 5.69 Å². The molecule has 0 spiro atoms. The van der Waals surface area contributed by atoms with Crippen molar-refractivity contribution >= 4 is 5.69 Å². The largest absolute Gasteiger partial charge is 0.387 e. The third kappa shape index (κ3) is 3.91. The van der Waals surface area contributed by atoms with E-state index in [2.05, 4.69) is 16.9 Å². The molecule has 1 aliphatic rings. The Balaban J connectivity index is 1.93. The highest BCUT2D eigenvalue weighted by Crippen LogP contribution is 2.20. The molecular weight excluding hydrogens is 240 g/mol. The summed E-state index contributed by atoms with van der Waals surface area (Å²) in [5.74, 6) is 0.611. The van der Waals surface area contributed by atoms with Crippen LogP contribution in [-0.2, 0) is 4.74 Å². The average molecular weight is 264 g/mol. The zero-order valence-electron chi connectivity index (χ0n) is 11.9. The van der Waals surface area contributed by atoms with Gasteiger partial charge in [-0.3, -0.25) is 4.98 Å². The van der Waals surface area contributed by atoms with Crippen LogP contribution in [0, 0.1) is 5.92 Å². The van der Waals surface area contributed by atoms with E-state index in [0.29, 0.717) is 12.3 Å². The lowest BCUT2D eigenvalue weighted by Crippen LogP contribution is -2.30. The summed E-state index contributed by atoms with van der Waals surface area (Å²) in [4.78, 5) is 6.56. The Morgan fingerprint density at radius 1 is 1.53 bits per heavy atom. The van der Waals surface area contributed by atoms with Crippen LogP contribution in [0.1, 0.15) is 38.0 Å². The molecule has 1 saturated heterocycles. The number of hydrogen-bond acceptors (Lipinski definition) is 4. The maximum Gasteiger partial charge on any atom is 0.0957 e. The Labute approximate surface area is 115 Å². The molecule has 0 aliphatic carbocycles. The number of anilines is 1. The first-order chi connectivity index (χ1) is 9.20. The lowest BCUT2D eigenvalue weighted by atomic mass is 10.0. The van der Waals surface area contributed by atoms with E-state index in [-0.39, 0.29) is 0 Å². The van der Waals surface area contributed by atoms with Crippen LogP contribution in [0.25, 0.3) is 0 Å². The fourth-order valence-electron chi connectivity index (χ4n) is 2.47. The zero-order chi connectivity index (χ0) is 13.7. The molecular formula is C15H24N2O2. The van der Waals surface area contributed by atoms with Crippen LogP contribution < -0.4 is 4.90 Å². The first kappa shape index (κ1) is 14.3. The minimum Gasteiger partial charge on any atom is -0.387 e. The molecule has 4 nitrogen and oxygen atoms in total. The summed E-state index contributed by atoms with van der Waals surface area (Å²) in [6, 6.07) is 3.95. The van der Waals surface area contributed by atoms with E-state index in [4.69, 9.17) is 4.74 Å². The zero-order valence-corrected chi connectivity index (χ0v) is 11.9. The van der Waals surface area contributed by atoms with Crippen molar-refractivity contribution in [2.45, 2.75) is 32.3 Å². The molecule has 1 fully saturated rings. The van der Waals surface area contributed by atoms with Crippen LogP contribution in [0.5, 0.6) is 0 Å². The topological polar surface area (TPSA) is 45.6 Å². The molecule has 1 aromatic heterocycles. The fraction of sp³-hybridized carbons (Fsp3) is 0.667. The van der Waals surface area contributed by atoms with Gasteiger partial charge in [-0.25, -0.2) is 0 Å². The smallest absolute Gasteiger partial charge is 0.0957 e. The van der Waals surface area contributed by atoms with Crippen LogP contribution >= 0.6 is 0 Å². The Bertz CT molecular complexity index is 374. The van der Waals surface area contributed by atoms with Gasteiger partial charge >= 0.3 is 0 Å². The molecule has 1 aromatic rings. The van der Waals surface area contributed by atoms with Gasteiger partial charge in [0.15, 0.2) is 0 Å². The van der Waals surface area contributed by atoms with Crippen LogP contribution in [-0.4, -0.2) is 36.9 Å². The van der Waals surface area contributed by atoms with E-state index in [1.165, 1.54) is 12.8 Å². The van der Waals surface area contributed by atoms with Gasteiger partial charge in [-0.1, -0.05) is 6.92 Å². The van der Waals surface area contributed by atoms with Crippen LogP contribution in [0.2, 0.25) is 0 Å². The third-order valence-corrected chi connectivity index (χ3v) is 3.73. The molecule has 106 valence electrons. The number of aromatic nitrogens is 1. The van der Waals surface area contributed by atoms with Crippen molar-refractivity contribution in [3.63, 3.8) is 0 Å². The monoisotopic (exact) mass is 264 g/mol. The predicted octanol–water partition coefficient (Wildman–Crippen LogP) is 2.39. The average Bonchev–Trinajstić information content (AvgIpc) is 2.47. The van der Waals surface area contributed by atoms with Crippen molar-refractivity contribution in [1.29, 1.82) is 0 Å². The molecule has 1 unspecified atom stereocenters.